The number of nitro groups is 1. The highest BCUT2D eigenvalue weighted by Gasteiger charge is 2.33. The fraction of sp³-hybridized carbons (Fsp3) is 0.750. The summed E-state index contributed by atoms with van der Waals surface area (Å²) in [6.45, 7) is 6.10. The number of anilines is 1. The van der Waals surface area contributed by atoms with Crippen molar-refractivity contribution in [1.29, 1.82) is 0 Å². The first-order valence-corrected chi connectivity index (χ1v) is 6.36. The van der Waals surface area contributed by atoms with Crippen molar-refractivity contribution in [3.8, 4) is 0 Å². The summed E-state index contributed by atoms with van der Waals surface area (Å²) in [5.74, 6) is 1.72. The molecule has 6 nitrogen and oxygen atoms in total. The average Bonchev–Trinajstić information content (AvgIpc) is 2.73. The summed E-state index contributed by atoms with van der Waals surface area (Å²) in [6, 6.07) is 0.300. The molecule has 0 bridgehead atoms. The van der Waals surface area contributed by atoms with Crippen molar-refractivity contribution in [2.45, 2.75) is 39.7 Å². The molecule has 1 N–H and O–H groups in total. The molecule has 0 radical (unpaired) electrons. The van der Waals surface area contributed by atoms with Crippen LogP contribution in [0.3, 0.4) is 0 Å². The van der Waals surface area contributed by atoms with Crippen LogP contribution in [0.1, 0.15) is 32.4 Å². The Morgan fingerprint density at radius 1 is 1.44 bits per heavy atom. The van der Waals surface area contributed by atoms with Gasteiger partial charge in [0.15, 0.2) is 0 Å². The minimum absolute atomic E-state index is 0.101. The van der Waals surface area contributed by atoms with E-state index in [0.717, 1.165) is 6.42 Å². The predicted octanol–water partition coefficient (Wildman–Crippen LogP) is 2.48. The van der Waals surface area contributed by atoms with Gasteiger partial charge in [-0.25, -0.2) is 4.68 Å². The van der Waals surface area contributed by atoms with Crippen molar-refractivity contribution >= 4 is 11.5 Å². The zero-order valence-electron chi connectivity index (χ0n) is 11.3. The quantitative estimate of drug-likeness (QED) is 0.662. The number of rotatable bonds is 3. The first-order valence-electron chi connectivity index (χ1n) is 6.36. The Kier molecular flexibility index (Phi) is 3.28. The summed E-state index contributed by atoms with van der Waals surface area (Å²) < 4.78 is 1.57. The molecule has 2 rings (SSSR count). The SMILES string of the molecule is Cc1nn(C)c(NC2CCC(C)C2C)c1[N+](=O)[O-]. The maximum absolute atomic E-state index is 11.1. The molecular formula is C12H20N4O2. The molecular weight excluding hydrogens is 232 g/mol. The van der Waals surface area contributed by atoms with E-state index in [2.05, 4.69) is 24.3 Å². The lowest BCUT2D eigenvalue weighted by Crippen LogP contribution is -2.25. The monoisotopic (exact) mass is 252 g/mol. The summed E-state index contributed by atoms with van der Waals surface area (Å²) in [5, 5.41) is 18.5. The van der Waals surface area contributed by atoms with Gasteiger partial charge in [-0.05, 0) is 31.6 Å². The van der Waals surface area contributed by atoms with Gasteiger partial charge in [0.1, 0.15) is 5.69 Å². The first-order chi connectivity index (χ1) is 8.41. The number of nitrogens with zero attached hydrogens (tertiary/aromatic N) is 3. The van der Waals surface area contributed by atoms with Gasteiger partial charge in [-0.2, -0.15) is 5.10 Å². The molecule has 18 heavy (non-hydrogen) atoms. The molecule has 1 fully saturated rings. The van der Waals surface area contributed by atoms with Gasteiger partial charge >= 0.3 is 5.69 Å². The Bertz CT molecular complexity index is 469. The molecule has 1 aromatic heterocycles. The highest BCUT2D eigenvalue weighted by atomic mass is 16.6. The lowest BCUT2D eigenvalue weighted by molar-refractivity contribution is -0.384. The number of aryl methyl sites for hydroxylation is 2. The second-order valence-electron chi connectivity index (χ2n) is 5.33. The summed E-state index contributed by atoms with van der Waals surface area (Å²) in [4.78, 5) is 10.7. The second kappa shape index (κ2) is 4.59. The molecule has 0 spiro atoms. The zero-order valence-corrected chi connectivity index (χ0v) is 11.3. The van der Waals surface area contributed by atoms with Gasteiger partial charge in [0, 0.05) is 13.1 Å². The van der Waals surface area contributed by atoms with Gasteiger partial charge in [-0.1, -0.05) is 13.8 Å². The standard InChI is InChI=1S/C12H20N4O2/c1-7-5-6-10(8(7)2)13-12-11(16(17)18)9(3)14-15(12)4/h7-8,10,13H,5-6H2,1-4H3. The van der Waals surface area contributed by atoms with Gasteiger partial charge in [-0.3, -0.25) is 10.1 Å². The van der Waals surface area contributed by atoms with Crippen LogP contribution in [0.5, 0.6) is 0 Å². The topological polar surface area (TPSA) is 73.0 Å². The summed E-state index contributed by atoms with van der Waals surface area (Å²) in [6.07, 6.45) is 2.23. The number of aromatic nitrogens is 2. The Balaban J connectivity index is 2.26. The van der Waals surface area contributed by atoms with Crippen LogP contribution < -0.4 is 5.32 Å². The van der Waals surface area contributed by atoms with E-state index >= 15 is 0 Å². The van der Waals surface area contributed by atoms with E-state index in [1.54, 1.807) is 18.7 Å². The number of hydrogen-bond donors (Lipinski definition) is 1. The van der Waals surface area contributed by atoms with E-state index in [-0.39, 0.29) is 10.6 Å². The minimum atomic E-state index is -0.353. The molecule has 3 unspecified atom stereocenters. The second-order valence-corrected chi connectivity index (χ2v) is 5.33. The third-order valence-electron chi connectivity index (χ3n) is 4.16. The molecule has 0 aliphatic heterocycles. The summed E-state index contributed by atoms with van der Waals surface area (Å²) in [5.41, 5.74) is 0.563. The lowest BCUT2D eigenvalue weighted by atomic mass is 9.98. The van der Waals surface area contributed by atoms with Crippen molar-refractivity contribution in [2.75, 3.05) is 5.32 Å². The molecule has 0 aromatic carbocycles. The average molecular weight is 252 g/mol. The third-order valence-corrected chi connectivity index (χ3v) is 4.16. The van der Waals surface area contributed by atoms with Crippen molar-refractivity contribution < 1.29 is 4.92 Å². The summed E-state index contributed by atoms with van der Waals surface area (Å²) >= 11 is 0. The summed E-state index contributed by atoms with van der Waals surface area (Å²) in [7, 11) is 1.74. The highest BCUT2D eigenvalue weighted by molar-refractivity contribution is 5.60. The van der Waals surface area contributed by atoms with Crippen LogP contribution >= 0.6 is 0 Å². The molecule has 1 heterocycles. The lowest BCUT2D eigenvalue weighted by Gasteiger charge is -2.20. The molecule has 0 amide bonds. The van der Waals surface area contributed by atoms with Crippen LogP contribution in [0, 0.1) is 28.9 Å². The molecule has 3 atom stereocenters. The van der Waals surface area contributed by atoms with Gasteiger partial charge in [0.25, 0.3) is 0 Å². The Hall–Kier alpha value is -1.59. The maximum Gasteiger partial charge on any atom is 0.333 e. The number of nitrogens with one attached hydrogen (secondary N) is 1. The van der Waals surface area contributed by atoms with E-state index in [1.165, 1.54) is 6.42 Å². The van der Waals surface area contributed by atoms with Crippen LogP contribution in [0.4, 0.5) is 11.5 Å². The normalized spacial score (nSPS) is 27.4. The van der Waals surface area contributed by atoms with E-state index in [9.17, 15) is 10.1 Å². The Morgan fingerprint density at radius 2 is 2.11 bits per heavy atom. The minimum Gasteiger partial charge on any atom is -0.362 e. The van der Waals surface area contributed by atoms with E-state index < -0.39 is 0 Å². The van der Waals surface area contributed by atoms with E-state index in [0.29, 0.717) is 29.4 Å². The molecule has 1 aromatic rings. The molecule has 6 heteroatoms. The van der Waals surface area contributed by atoms with Gasteiger partial charge in [-0.15, -0.1) is 0 Å². The van der Waals surface area contributed by atoms with Crippen LogP contribution in [-0.4, -0.2) is 20.7 Å². The van der Waals surface area contributed by atoms with Gasteiger partial charge < -0.3 is 5.32 Å². The van der Waals surface area contributed by atoms with Crippen molar-refractivity contribution in [1.82, 2.24) is 9.78 Å². The first kappa shape index (κ1) is 12.9. The van der Waals surface area contributed by atoms with E-state index in [1.807, 2.05) is 0 Å². The molecule has 1 aliphatic carbocycles. The molecule has 1 aliphatic rings. The fourth-order valence-electron chi connectivity index (χ4n) is 2.77. The van der Waals surface area contributed by atoms with Crippen molar-refractivity contribution in [3.63, 3.8) is 0 Å². The Labute approximate surface area is 107 Å². The number of hydrogen-bond acceptors (Lipinski definition) is 4. The van der Waals surface area contributed by atoms with Crippen molar-refractivity contribution in [2.24, 2.45) is 18.9 Å². The molecule has 100 valence electrons. The fourth-order valence-corrected chi connectivity index (χ4v) is 2.77. The van der Waals surface area contributed by atoms with Crippen LogP contribution in [0.15, 0.2) is 0 Å². The van der Waals surface area contributed by atoms with Gasteiger partial charge in [0.05, 0.1) is 4.92 Å². The van der Waals surface area contributed by atoms with Crippen molar-refractivity contribution in [3.05, 3.63) is 15.8 Å². The highest BCUT2D eigenvalue weighted by Crippen LogP contribution is 2.36. The maximum atomic E-state index is 11.1. The molecule has 1 saturated carbocycles. The van der Waals surface area contributed by atoms with E-state index in [4.69, 9.17) is 0 Å². The predicted molar refractivity (Wildman–Crippen MR) is 69.6 cm³/mol. The molecule has 0 saturated heterocycles. The van der Waals surface area contributed by atoms with Gasteiger partial charge in [0.2, 0.25) is 5.82 Å². The third kappa shape index (κ3) is 2.07. The zero-order chi connectivity index (χ0) is 13.4. The smallest absolute Gasteiger partial charge is 0.333 e. The van der Waals surface area contributed by atoms with Crippen LogP contribution in [-0.2, 0) is 7.05 Å². The van der Waals surface area contributed by atoms with Crippen LogP contribution in [0.2, 0.25) is 0 Å². The van der Waals surface area contributed by atoms with Crippen LogP contribution in [0.25, 0.3) is 0 Å². The largest absolute Gasteiger partial charge is 0.362 e. The Morgan fingerprint density at radius 3 is 2.61 bits per heavy atom.